The smallest absolute Gasteiger partial charge is 0.159 e. The van der Waals surface area contributed by atoms with Crippen LogP contribution in [-0.4, -0.2) is 34.1 Å². The molecule has 0 saturated carbocycles. The van der Waals surface area contributed by atoms with E-state index in [2.05, 4.69) is 28.7 Å². The van der Waals surface area contributed by atoms with Crippen molar-refractivity contribution in [3.63, 3.8) is 0 Å². The fourth-order valence-corrected chi connectivity index (χ4v) is 3.77. The number of phenolic OH excluding ortho intramolecular Hbond substituents is 1. The van der Waals surface area contributed by atoms with E-state index in [1.54, 1.807) is 24.5 Å². The summed E-state index contributed by atoms with van der Waals surface area (Å²) in [5, 5.41) is 9.43. The van der Waals surface area contributed by atoms with E-state index in [1.807, 2.05) is 36.4 Å². The molecule has 1 saturated heterocycles. The minimum Gasteiger partial charge on any atom is -0.508 e. The maximum atomic E-state index is 9.43. The second-order valence-corrected chi connectivity index (χ2v) is 8.36. The molecule has 1 aromatic heterocycles. The van der Waals surface area contributed by atoms with Gasteiger partial charge in [0.25, 0.3) is 0 Å². The van der Waals surface area contributed by atoms with Gasteiger partial charge < -0.3 is 14.6 Å². The van der Waals surface area contributed by atoms with Gasteiger partial charge >= 0.3 is 0 Å². The Kier molecular flexibility index (Phi) is 8.08. The van der Waals surface area contributed by atoms with Gasteiger partial charge in [0, 0.05) is 42.1 Å². The van der Waals surface area contributed by atoms with Gasteiger partial charge in [-0.25, -0.2) is 9.97 Å². The Balaban J connectivity index is 1.25. The highest BCUT2D eigenvalue weighted by molar-refractivity contribution is 5.64. The second kappa shape index (κ2) is 11.6. The molecule has 1 fully saturated rings. The first-order valence-electron chi connectivity index (χ1n) is 11.7. The lowest BCUT2D eigenvalue weighted by Crippen LogP contribution is -2.26. The molecule has 0 amide bonds. The molecule has 170 valence electrons. The van der Waals surface area contributed by atoms with Gasteiger partial charge in [0.05, 0.1) is 6.10 Å². The van der Waals surface area contributed by atoms with Crippen LogP contribution in [0.2, 0.25) is 0 Å². The molecule has 2 atom stereocenters. The third kappa shape index (κ3) is 6.89. The average molecular weight is 443 g/mol. The summed E-state index contributed by atoms with van der Waals surface area (Å²) >= 11 is 0. The Morgan fingerprint density at radius 3 is 2.42 bits per heavy atom. The minimum atomic E-state index is -0.0219. The zero-order chi connectivity index (χ0) is 22.9. The molecule has 33 heavy (non-hydrogen) atoms. The first-order valence-corrected chi connectivity index (χ1v) is 11.7. The number of aromatic hydroxyl groups is 1. The molecule has 2 unspecified atom stereocenters. The van der Waals surface area contributed by atoms with E-state index in [9.17, 15) is 5.11 Å². The van der Waals surface area contributed by atoms with Crippen LogP contribution in [0.15, 0.2) is 60.9 Å². The monoisotopic (exact) mass is 442 g/mol. The Bertz CT molecular complexity index is 1060. The van der Waals surface area contributed by atoms with Crippen LogP contribution >= 0.6 is 0 Å². The van der Waals surface area contributed by atoms with E-state index in [4.69, 9.17) is 9.47 Å². The minimum absolute atomic E-state index is 0.0219. The molecule has 1 N–H and O–H groups in total. The van der Waals surface area contributed by atoms with Gasteiger partial charge in [-0.2, -0.15) is 0 Å². The van der Waals surface area contributed by atoms with Crippen molar-refractivity contribution in [3.8, 4) is 40.1 Å². The Labute approximate surface area is 195 Å². The number of phenols is 1. The zero-order valence-electron chi connectivity index (χ0n) is 19.0. The van der Waals surface area contributed by atoms with Crippen molar-refractivity contribution >= 4 is 0 Å². The largest absolute Gasteiger partial charge is 0.508 e. The molecular weight excluding hydrogens is 412 g/mol. The average Bonchev–Trinajstić information content (AvgIpc) is 2.85. The number of aromatic nitrogens is 2. The molecule has 5 nitrogen and oxygen atoms in total. The number of nitrogens with zero attached hydrogens (tertiary/aromatic N) is 2. The molecule has 1 aliphatic rings. The Hall–Kier alpha value is -3.20. The van der Waals surface area contributed by atoms with Crippen molar-refractivity contribution < 1.29 is 14.6 Å². The number of hydrogen-bond donors (Lipinski definition) is 1. The number of ether oxygens (including phenoxy) is 2. The SMILES string of the molecule is CC(CCCC#Cc1ccc(-c2ncc(-c3ccc(O)cc3)cn2)cc1)OC1CCCCO1. The number of unbranched alkanes of at least 4 members (excludes halogenated alkanes) is 1. The van der Waals surface area contributed by atoms with E-state index in [-0.39, 0.29) is 18.1 Å². The predicted octanol–water partition coefficient (Wildman–Crippen LogP) is 5.97. The highest BCUT2D eigenvalue weighted by Crippen LogP contribution is 2.22. The molecule has 4 rings (SSSR count). The van der Waals surface area contributed by atoms with Crippen molar-refractivity contribution in [2.75, 3.05) is 6.61 Å². The highest BCUT2D eigenvalue weighted by atomic mass is 16.7. The summed E-state index contributed by atoms with van der Waals surface area (Å²) in [5.74, 6) is 7.42. The van der Waals surface area contributed by atoms with E-state index in [1.165, 1.54) is 6.42 Å². The van der Waals surface area contributed by atoms with Crippen LogP contribution in [0, 0.1) is 11.8 Å². The van der Waals surface area contributed by atoms with E-state index >= 15 is 0 Å². The lowest BCUT2D eigenvalue weighted by Gasteiger charge is -2.25. The van der Waals surface area contributed by atoms with Crippen molar-refractivity contribution in [2.45, 2.75) is 57.8 Å². The predicted molar refractivity (Wildman–Crippen MR) is 129 cm³/mol. The first-order chi connectivity index (χ1) is 16.2. The van der Waals surface area contributed by atoms with Gasteiger partial charge in [-0.1, -0.05) is 24.0 Å². The number of hydrogen-bond acceptors (Lipinski definition) is 5. The number of benzene rings is 2. The van der Waals surface area contributed by atoms with Gasteiger partial charge in [-0.3, -0.25) is 0 Å². The first kappa shape index (κ1) is 23.0. The van der Waals surface area contributed by atoms with Gasteiger partial charge in [-0.05, 0) is 81.0 Å². The summed E-state index contributed by atoms with van der Waals surface area (Å²) in [6, 6.07) is 15.0. The lowest BCUT2D eigenvalue weighted by molar-refractivity contribution is -0.185. The van der Waals surface area contributed by atoms with Crippen LogP contribution in [0.5, 0.6) is 5.75 Å². The third-order valence-corrected chi connectivity index (χ3v) is 5.66. The maximum Gasteiger partial charge on any atom is 0.159 e. The molecule has 0 bridgehead atoms. The normalized spacial score (nSPS) is 16.6. The Morgan fingerprint density at radius 1 is 1.00 bits per heavy atom. The van der Waals surface area contributed by atoms with Crippen LogP contribution in [-0.2, 0) is 9.47 Å². The summed E-state index contributed by atoms with van der Waals surface area (Å²) in [6.45, 7) is 2.93. The van der Waals surface area contributed by atoms with E-state index in [0.717, 1.165) is 61.0 Å². The molecule has 0 radical (unpaired) electrons. The molecule has 5 heteroatoms. The molecule has 3 aromatic rings. The van der Waals surface area contributed by atoms with Crippen LogP contribution in [0.3, 0.4) is 0 Å². The van der Waals surface area contributed by atoms with Crippen LogP contribution < -0.4 is 0 Å². The fraction of sp³-hybridized carbons (Fsp3) is 0.357. The van der Waals surface area contributed by atoms with Gasteiger partial charge in [0.2, 0.25) is 0 Å². The highest BCUT2D eigenvalue weighted by Gasteiger charge is 2.16. The van der Waals surface area contributed by atoms with E-state index in [0.29, 0.717) is 5.82 Å². The number of rotatable bonds is 7. The van der Waals surface area contributed by atoms with Crippen LogP contribution in [0.25, 0.3) is 22.5 Å². The summed E-state index contributed by atoms with van der Waals surface area (Å²) in [5.41, 5.74) is 3.81. The van der Waals surface area contributed by atoms with E-state index < -0.39 is 0 Å². The Morgan fingerprint density at radius 2 is 1.73 bits per heavy atom. The fourth-order valence-electron chi connectivity index (χ4n) is 3.77. The van der Waals surface area contributed by atoms with Crippen molar-refractivity contribution in [1.82, 2.24) is 9.97 Å². The quantitative estimate of drug-likeness (QED) is 0.361. The van der Waals surface area contributed by atoms with Gasteiger partial charge in [0.15, 0.2) is 12.1 Å². The molecule has 1 aliphatic heterocycles. The molecular formula is C28H30N2O3. The lowest BCUT2D eigenvalue weighted by atomic mass is 10.1. The summed E-state index contributed by atoms with van der Waals surface area (Å²) in [4.78, 5) is 8.98. The zero-order valence-corrected chi connectivity index (χ0v) is 19.0. The van der Waals surface area contributed by atoms with Gasteiger partial charge in [0.1, 0.15) is 5.75 Å². The van der Waals surface area contributed by atoms with Crippen LogP contribution in [0.1, 0.15) is 51.0 Å². The maximum absolute atomic E-state index is 9.43. The van der Waals surface area contributed by atoms with Crippen molar-refractivity contribution in [2.24, 2.45) is 0 Å². The topological polar surface area (TPSA) is 64.5 Å². The molecule has 0 spiro atoms. The summed E-state index contributed by atoms with van der Waals surface area (Å²) < 4.78 is 11.6. The second-order valence-electron chi connectivity index (χ2n) is 8.36. The van der Waals surface area contributed by atoms with Crippen molar-refractivity contribution in [1.29, 1.82) is 0 Å². The molecule has 2 aromatic carbocycles. The third-order valence-electron chi connectivity index (χ3n) is 5.66. The van der Waals surface area contributed by atoms with Gasteiger partial charge in [-0.15, -0.1) is 0 Å². The standard InChI is InChI=1S/C28H30N2O3/c1-21(33-27-9-5-6-18-32-27)7-3-2-4-8-22-10-12-24(13-11-22)28-29-19-25(20-30-28)23-14-16-26(31)17-15-23/h10-17,19-21,27,31H,2-3,5-7,9,18H2,1H3. The summed E-state index contributed by atoms with van der Waals surface area (Å²) in [6.07, 6.45) is 9.98. The molecule has 2 heterocycles. The summed E-state index contributed by atoms with van der Waals surface area (Å²) in [7, 11) is 0. The van der Waals surface area contributed by atoms with Crippen LogP contribution in [0.4, 0.5) is 0 Å². The molecule has 0 aliphatic carbocycles. The van der Waals surface area contributed by atoms with Crippen molar-refractivity contribution in [3.05, 3.63) is 66.5 Å².